The summed E-state index contributed by atoms with van der Waals surface area (Å²) in [4.78, 5) is 4.82. The maximum absolute atomic E-state index is 4.82. The van der Waals surface area contributed by atoms with Gasteiger partial charge in [0.15, 0.2) is 0 Å². The van der Waals surface area contributed by atoms with Crippen molar-refractivity contribution in [2.75, 3.05) is 11.9 Å². The zero-order valence-electron chi connectivity index (χ0n) is 12.1. The lowest BCUT2D eigenvalue weighted by molar-refractivity contribution is 0.711. The normalized spacial score (nSPS) is 15.7. The molecule has 1 heterocycles. The van der Waals surface area contributed by atoms with Crippen LogP contribution in [0.1, 0.15) is 47.9 Å². The van der Waals surface area contributed by atoms with Crippen molar-refractivity contribution in [3.8, 4) is 0 Å². The Morgan fingerprint density at radius 1 is 1.20 bits per heavy atom. The van der Waals surface area contributed by atoms with Crippen LogP contribution in [0.2, 0.25) is 0 Å². The van der Waals surface area contributed by atoms with Crippen molar-refractivity contribution < 1.29 is 0 Å². The van der Waals surface area contributed by atoms with Crippen molar-refractivity contribution in [1.29, 1.82) is 0 Å². The van der Waals surface area contributed by atoms with Crippen LogP contribution in [0.5, 0.6) is 0 Å². The van der Waals surface area contributed by atoms with E-state index < -0.39 is 0 Å². The maximum Gasteiger partial charge on any atom is 0.0959 e. The van der Waals surface area contributed by atoms with Gasteiger partial charge in [-0.05, 0) is 31.9 Å². The first-order valence-corrected chi connectivity index (χ1v) is 8.44. The summed E-state index contributed by atoms with van der Waals surface area (Å²) < 4.78 is 0. The minimum absolute atomic E-state index is 0.749. The quantitative estimate of drug-likeness (QED) is 0.857. The van der Waals surface area contributed by atoms with E-state index in [9.17, 15) is 0 Å². The zero-order chi connectivity index (χ0) is 13.8. The van der Waals surface area contributed by atoms with Crippen LogP contribution >= 0.6 is 11.3 Å². The first-order chi connectivity index (χ1) is 9.81. The van der Waals surface area contributed by atoms with Gasteiger partial charge in [-0.15, -0.1) is 11.3 Å². The monoisotopic (exact) mass is 286 g/mol. The Morgan fingerprint density at radius 2 is 1.95 bits per heavy atom. The Morgan fingerprint density at radius 3 is 2.70 bits per heavy atom. The van der Waals surface area contributed by atoms with Crippen LogP contribution in [0, 0.1) is 6.92 Å². The Balaban J connectivity index is 1.49. The van der Waals surface area contributed by atoms with Gasteiger partial charge in [0.1, 0.15) is 0 Å². The summed E-state index contributed by atoms with van der Waals surface area (Å²) in [5.41, 5.74) is 3.75. The number of aryl methyl sites for hydroxylation is 1. The minimum Gasteiger partial charge on any atom is -0.385 e. The van der Waals surface area contributed by atoms with Crippen molar-refractivity contribution in [3.63, 3.8) is 0 Å². The highest BCUT2D eigenvalue weighted by molar-refractivity contribution is 7.09. The molecule has 0 bridgehead atoms. The molecule has 1 fully saturated rings. The minimum atomic E-state index is 0.749. The molecule has 1 aliphatic carbocycles. The van der Waals surface area contributed by atoms with E-state index in [0.29, 0.717) is 0 Å². The summed E-state index contributed by atoms with van der Waals surface area (Å²) >= 11 is 1.86. The molecule has 0 amide bonds. The van der Waals surface area contributed by atoms with Crippen LogP contribution in [0.25, 0.3) is 0 Å². The van der Waals surface area contributed by atoms with Crippen LogP contribution in [0.15, 0.2) is 29.6 Å². The number of thiazole rings is 1. The lowest BCUT2D eigenvalue weighted by Crippen LogP contribution is -2.05. The number of hydrogen-bond acceptors (Lipinski definition) is 3. The van der Waals surface area contributed by atoms with Gasteiger partial charge in [0.05, 0.1) is 10.7 Å². The van der Waals surface area contributed by atoms with Crippen molar-refractivity contribution in [2.45, 2.75) is 44.9 Å². The van der Waals surface area contributed by atoms with E-state index in [1.165, 1.54) is 47.6 Å². The second-order valence-electron chi connectivity index (χ2n) is 5.70. The molecule has 3 heteroatoms. The third kappa shape index (κ3) is 3.40. The fourth-order valence-electron chi connectivity index (χ4n) is 2.80. The fourth-order valence-corrected chi connectivity index (χ4v) is 3.83. The highest BCUT2D eigenvalue weighted by Crippen LogP contribution is 2.35. The van der Waals surface area contributed by atoms with Gasteiger partial charge in [0.25, 0.3) is 0 Å². The lowest BCUT2D eigenvalue weighted by atomic mass is 10.1. The second-order valence-corrected chi connectivity index (χ2v) is 6.59. The number of hydrogen-bond donors (Lipinski definition) is 1. The molecule has 1 aromatic carbocycles. The molecule has 1 aromatic heterocycles. The van der Waals surface area contributed by atoms with Crippen molar-refractivity contribution in [1.82, 2.24) is 4.98 Å². The molecule has 1 saturated carbocycles. The molecule has 0 aliphatic heterocycles. The van der Waals surface area contributed by atoms with E-state index in [1.807, 2.05) is 11.3 Å². The van der Waals surface area contributed by atoms with Crippen LogP contribution < -0.4 is 5.32 Å². The van der Waals surface area contributed by atoms with Gasteiger partial charge in [-0.2, -0.15) is 0 Å². The summed E-state index contributed by atoms with van der Waals surface area (Å²) in [7, 11) is 0. The summed E-state index contributed by atoms with van der Waals surface area (Å²) in [5.74, 6) is 0.749. The van der Waals surface area contributed by atoms with Crippen molar-refractivity contribution in [3.05, 3.63) is 45.9 Å². The van der Waals surface area contributed by atoms with Gasteiger partial charge in [-0.25, -0.2) is 4.98 Å². The summed E-state index contributed by atoms with van der Waals surface area (Å²) in [6.45, 7) is 3.07. The van der Waals surface area contributed by atoms with Gasteiger partial charge < -0.3 is 5.32 Å². The predicted octanol–water partition coefficient (Wildman–Crippen LogP) is 4.76. The van der Waals surface area contributed by atoms with Crippen LogP contribution in [0.3, 0.4) is 0 Å². The number of nitrogens with zero attached hydrogens (tertiary/aromatic N) is 1. The standard InChI is InChI=1S/C17H22N2S/c1-13-6-8-15(9-7-13)18-11-10-16-12-20-17(19-16)14-4-2-3-5-14/h6-9,12,14,18H,2-5,10-11H2,1H3. The smallest absolute Gasteiger partial charge is 0.0959 e. The zero-order valence-corrected chi connectivity index (χ0v) is 12.9. The summed E-state index contributed by atoms with van der Waals surface area (Å²) in [6.07, 6.45) is 6.46. The number of aromatic nitrogens is 1. The molecule has 0 atom stereocenters. The summed E-state index contributed by atoms with van der Waals surface area (Å²) in [5, 5.41) is 7.07. The second kappa shape index (κ2) is 6.40. The Kier molecular flexibility index (Phi) is 4.36. The van der Waals surface area contributed by atoms with Gasteiger partial charge in [0, 0.05) is 30.0 Å². The molecule has 0 radical (unpaired) electrons. The average Bonchev–Trinajstić information content (AvgIpc) is 3.11. The molecule has 0 spiro atoms. The first-order valence-electron chi connectivity index (χ1n) is 7.56. The summed E-state index contributed by atoms with van der Waals surface area (Å²) in [6, 6.07) is 8.56. The molecule has 3 rings (SSSR count). The highest BCUT2D eigenvalue weighted by Gasteiger charge is 2.19. The first kappa shape index (κ1) is 13.6. The van der Waals surface area contributed by atoms with Crippen molar-refractivity contribution in [2.24, 2.45) is 0 Å². The number of rotatable bonds is 5. The van der Waals surface area contributed by atoms with E-state index >= 15 is 0 Å². The molecule has 2 aromatic rings. The SMILES string of the molecule is Cc1ccc(NCCc2csc(C3CCCC3)n2)cc1. The molecule has 20 heavy (non-hydrogen) atoms. The van der Waals surface area contributed by atoms with Gasteiger partial charge in [-0.1, -0.05) is 30.5 Å². The van der Waals surface area contributed by atoms with Crippen LogP contribution in [-0.2, 0) is 6.42 Å². The topological polar surface area (TPSA) is 24.9 Å². The number of anilines is 1. The van der Waals surface area contributed by atoms with E-state index in [4.69, 9.17) is 4.98 Å². The largest absolute Gasteiger partial charge is 0.385 e. The highest BCUT2D eigenvalue weighted by atomic mass is 32.1. The fraction of sp³-hybridized carbons (Fsp3) is 0.471. The number of benzene rings is 1. The Hall–Kier alpha value is -1.35. The molecule has 1 aliphatic rings. The van der Waals surface area contributed by atoms with Gasteiger partial charge in [-0.3, -0.25) is 0 Å². The third-order valence-electron chi connectivity index (χ3n) is 4.04. The lowest BCUT2D eigenvalue weighted by Gasteiger charge is -2.05. The molecule has 2 nitrogen and oxygen atoms in total. The molecular weight excluding hydrogens is 264 g/mol. The Bertz CT molecular complexity index is 538. The molecule has 106 valence electrons. The predicted molar refractivity (Wildman–Crippen MR) is 86.7 cm³/mol. The molecule has 1 N–H and O–H groups in total. The maximum atomic E-state index is 4.82. The number of nitrogens with one attached hydrogen (secondary N) is 1. The van der Waals surface area contributed by atoms with Crippen LogP contribution in [0.4, 0.5) is 5.69 Å². The van der Waals surface area contributed by atoms with Crippen LogP contribution in [-0.4, -0.2) is 11.5 Å². The molecule has 0 saturated heterocycles. The van der Waals surface area contributed by atoms with E-state index in [1.54, 1.807) is 0 Å². The molecular formula is C17H22N2S. The van der Waals surface area contributed by atoms with Crippen molar-refractivity contribution >= 4 is 17.0 Å². The molecule has 0 unspecified atom stereocenters. The van der Waals surface area contributed by atoms with Gasteiger partial charge >= 0.3 is 0 Å². The van der Waals surface area contributed by atoms with Gasteiger partial charge in [0.2, 0.25) is 0 Å². The average molecular weight is 286 g/mol. The third-order valence-corrected chi connectivity index (χ3v) is 5.09. The Labute approximate surface area is 125 Å². The van der Waals surface area contributed by atoms with E-state index in [2.05, 4.69) is 41.9 Å². The van der Waals surface area contributed by atoms with E-state index in [0.717, 1.165) is 18.9 Å². The van der Waals surface area contributed by atoms with E-state index in [-0.39, 0.29) is 0 Å².